The zero-order valence-corrected chi connectivity index (χ0v) is 17.9. The molecule has 0 aliphatic rings. The van der Waals surface area contributed by atoms with Crippen molar-refractivity contribution >= 4 is 19.8 Å². The van der Waals surface area contributed by atoms with Gasteiger partial charge in [0.2, 0.25) is 0 Å². The van der Waals surface area contributed by atoms with Gasteiger partial charge in [0.1, 0.15) is 0 Å². The standard InChI is InChI=1S/3C4H9.CN.CH3.Cu.2Li.Sn/c3*1-3-4-2;1-2;;;;;/h3*1,3-4H2,2H3;;1H3;;;;/q;;;2*-1;;2*+1;. The summed E-state index contributed by atoms with van der Waals surface area (Å²) >= 11 is -0.839. The zero-order valence-electron chi connectivity index (χ0n) is 14.1. The van der Waals surface area contributed by atoms with E-state index >= 15 is 0 Å². The molecule has 19 heavy (non-hydrogen) atoms. The van der Waals surface area contributed by atoms with Crippen molar-refractivity contribution in [3.8, 4) is 0 Å². The second-order valence-electron chi connectivity index (χ2n) is 4.06. The molecular weight excluding hydrogens is 378 g/mol. The normalized spacial score (nSPS) is 7.68. The van der Waals surface area contributed by atoms with E-state index in [9.17, 15) is 0 Å². The van der Waals surface area contributed by atoms with Crippen molar-refractivity contribution in [3.05, 3.63) is 14.0 Å². The Bertz CT molecular complexity index is 119. The number of unbranched alkanes of at least 4 members (excludes halogenated alkanes) is 3. The summed E-state index contributed by atoms with van der Waals surface area (Å²) in [7, 11) is 0. The molecule has 0 aromatic rings. The summed E-state index contributed by atoms with van der Waals surface area (Å²) in [6, 6.07) is 0. The summed E-state index contributed by atoms with van der Waals surface area (Å²) in [6.45, 7) is 11.8. The third-order valence-corrected chi connectivity index (χ3v) is 11.7. The van der Waals surface area contributed by atoms with Crippen LogP contribution in [0.2, 0.25) is 13.3 Å². The van der Waals surface area contributed by atoms with Crippen LogP contribution < -0.4 is 37.7 Å². The summed E-state index contributed by atoms with van der Waals surface area (Å²) in [5.74, 6) is 0. The molecule has 0 aromatic carbocycles. The van der Waals surface area contributed by atoms with Gasteiger partial charge in [-0.15, -0.1) is 0 Å². The number of hydrogen-bond donors (Lipinski definition) is 0. The van der Waals surface area contributed by atoms with Gasteiger partial charge in [-0.05, 0) is 0 Å². The van der Waals surface area contributed by atoms with Crippen LogP contribution in [0.1, 0.15) is 59.3 Å². The van der Waals surface area contributed by atoms with Gasteiger partial charge in [-0.25, -0.2) is 0 Å². The van der Waals surface area contributed by atoms with E-state index in [2.05, 4.69) is 20.8 Å². The van der Waals surface area contributed by atoms with Gasteiger partial charge in [0.15, 0.2) is 0 Å². The first-order chi connectivity index (χ1) is 7.35. The Morgan fingerprint density at radius 1 is 0.737 bits per heavy atom. The van der Waals surface area contributed by atoms with E-state index in [1.165, 1.54) is 38.5 Å². The van der Waals surface area contributed by atoms with Crippen LogP contribution in [0.3, 0.4) is 0 Å². The molecule has 0 rings (SSSR count). The van der Waals surface area contributed by atoms with Gasteiger partial charge in [0.25, 0.3) is 0 Å². The van der Waals surface area contributed by atoms with Crippen LogP contribution in [0.4, 0.5) is 0 Å². The molecule has 0 saturated heterocycles. The minimum Gasteiger partial charge on any atom is -0.512 e. The summed E-state index contributed by atoms with van der Waals surface area (Å²) in [6.07, 6.45) is 8.85. The fraction of sp³-hybridized carbons (Fsp3) is 0.857. The van der Waals surface area contributed by atoms with Gasteiger partial charge >= 0.3 is 130 Å². The van der Waals surface area contributed by atoms with E-state index in [4.69, 9.17) is 11.8 Å². The molecule has 0 heterocycles. The monoisotopic (exact) mass is 409 g/mol. The van der Waals surface area contributed by atoms with Gasteiger partial charge in [-0.3, -0.25) is 0 Å². The Morgan fingerprint density at radius 2 is 0.947 bits per heavy atom. The average Bonchev–Trinajstić information content (AvgIpc) is 2.31. The maximum absolute atomic E-state index is 6.25. The van der Waals surface area contributed by atoms with Crippen molar-refractivity contribution < 1.29 is 54.8 Å². The molecule has 0 unspecified atom stereocenters. The smallest absolute Gasteiger partial charge is 0.512 e. The Hall–Kier alpha value is 2.00. The molecule has 0 bridgehead atoms. The predicted octanol–water partition coefficient (Wildman–Crippen LogP) is -0.566. The molecule has 0 aromatic heterocycles. The first-order valence-corrected chi connectivity index (χ1v) is 12.5. The number of hydrogen-bond acceptors (Lipinski definition) is 1. The fourth-order valence-corrected chi connectivity index (χ4v) is 11.1. The van der Waals surface area contributed by atoms with Crippen LogP contribution in [0, 0.1) is 19.3 Å². The van der Waals surface area contributed by atoms with Crippen LogP contribution >= 0.6 is 0 Å². The third kappa shape index (κ3) is 33.1. The topological polar surface area (TPSA) is 23.8 Å². The maximum Gasteiger partial charge on any atom is 1.00 e. The molecule has 0 N–H and O–H groups in total. The largest absolute Gasteiger partial charge is 1.00 e. The van der Waals surface area contributed by atoms with Gasteiger partial charge < -0.3 is 19.3 Å². The minimum absolute atomic E-state index is 0. The van der Waals surface area contributed by atoms with Gasteiger partial charge in [0, 0.05) is 17.1 Å². The summed E-state index contributed by atoms with van der Waals surface area (Å²) in [5.41, 5.74) is 0. The van der Waals surface area contributed by atoms with Crippen molar-refractivity contribution in [2.45, 2.75) is 72.6 Å². The van der Waals surface area contributed by atoms with Crippen LogP contribution in [-0.4, -0.2) is 19.8 Å². The van der Waals surface area contributed by atoms with Crippen molar-refractivity contribution in [2.24, 2.45) is 0 Å². The van der Waals surface area contributed by atoms with E-state index in [0.717, 1.165) is 0 Å². The summed E-state index contributed by atoms with van der Waals surface area (Å²) in [5, 5.41) is 6.25. The Kier molecular flexibility index (Phi) is 72.4. The molecule has 0 saturated carbocycles. The van der Waals surface area contributed by atoms with E-state index in [-0.39, 0.29) is 62.2 Å². The van der Waals surface area contributed by atoms with E-state index in [0.29, 0.717) is 0 Å². The SMILES string of the molecule is CCC[CH2][Sn]([CH2]CCC)[CH2]CCC.[C-]#N.[CH3-].[Cu].[Li+].[Li+]. The number of rotatable bonds is 9. The molecule has 1 nitrogen and oxygen atoms in total. The van der Waals surface area contributed by atoms with Crippen LogP contribution in [0.15, 0.2) is 0 Å². The Morgan fingerprint density at radius 3 is 1.11 bits per heavy atom. The second-order valence-corrected chi connectivity index (χ2v) is 12.6. The fourth-order valence-electron chi connectivity index (χ4n) is 1.66. The number of nitrogens with zero attached hydrogens (tertiary/aromatic N) is 1. The van der Waals surface area contributed by atoms with Crippen LogP contribution in [-0.2, 0) is 17.1 Å². The summed E-state index contributed by atoms with van der Waals surface area (Å²) in [4.78, 5) is 0. The maximum atomic E-state index is 6.25. The first-order valence-electron chi connectivity index (χ1n) is 6.41. The first kappa shape index (κ1) is 37.3. The molecule has 0 atom stereocenters. The average molecular weight is 409 g/mol. The summed E-state index contributed by atoms with van der Waals surface area (Å²) < 4.78 is 5.04. The quantitative estimate of drug-likeness (QED) is 0.371. The van der Waals surface area contributed by atoms with Gasteiger partial charge in [-0.1, -0.05) is 0 Å². The van der Waals surface area contributed by atoms with Gasteiger partial charge in [-0.2, -0.15) is 0 Å². The molecule has 2 radical (unpaired) electrons. The zero-order chi connectivity index (χ0) is 11.9. The Labute approximate surface area is 165 Å². The molecule has 0 fully saturated rings. The van der Waals surface area contributed by atoms with Crippen LogP contribution in [0.25, 0.3) is 0 Å². The van der Waals surface area contributed by atoms with Gasteiger partial charge in [0.05, 0.1) is 0 Å². The molecule has 0 amide bonds. The van der Waals surface area contributed by atoms with Crippen LogP contribution in [0.5, 0.6) is 0 Å². The van der Waals surface area contributed by atoms with E-state index in [1.807, 2.05) is 0 Å². The second kappa shape index (κ2) is 36.8. The molecule has 0 aliphatic carbocycles. The van der Waals surface area contributed by atoms with Crippen molar-refractivity contribution in [3.63, 3.8) is 0 Å². The third-order valence-electron chi connectivity index (χ3n) is 2.65. The molecule has 108 valence electrons. The van der Waals surface area contributed by atoms with E-state index < -0.39 is 19.8 Å². The van der Waals surface area contributed by atoms with Crippen molar-refractivity contribution in [1.82, 2.24) is 0 Å². The molecule has 0 spiro atoms. The minimum atomic E-state index is -0.839. The molecule has 5 heteroatoms. The van der Waals surface area contributed by atoms with E-state index in [1.54, 1.807) is 13.3 Å². The molecule has 0 aliphatic heterocycles. The van der Waals surface area contributed by atoms with Crippen molar-refractivity contribution in [2.75, 3.05) is 0 Å². The van der Waals surface area contributed by atoms with Crippen molar-refractivity contribution in [1.29, 1.82) is 5.26 Å². The predicted molar refractivity (Wildman–Crippen MR) is 76.3 cm³/mol. The molecular formula is C14H30CuLi2NSn. The Balaban J connectivity index is -0.0000000669.